The SMILES string of the molecule is CC(C)CCC(C(=O)OCC(C)C)(C(=O)OCC(C)C)C(C)C. The first kappa shape index (κ1) is 21.9. The molecule has 0 aromatic carbocycles. The lowest BCUT2D eigenvalue weighted by Crippen LogP contribution is -2.47. The average molecular weight is 328 g/mol. The zero-order valence-electron chi connectivity index (χ0n) is 16.3. The van der Waals surface area contributed by atoms with Crippen LogP contribution < -0.4 is 0 Å². The van der Waals surface area contributed by atoms with Crippen LogP contribution in [0.4, 0.5) is 0 Å². The van der Waals surface area contributed by atoms with Crippen LogP contribution in [0.25, 0.3) is 0 Å². The zero-order chi connectivity index (χ0) is 18.2. The third-order valence-corrected chi connectivity index (χ3v) is 3.93. The number of carbonyl (C=O) groups excluding carboxylic acids is 2. The molecule has 0 aliphatic carbocycles. The third-order valence-electron chi connectivity index (χ3n) is 3.93. The van der Waals surface area contributed by atoms with E-state index in [9.17, 15) is 9.59 Å². The van der Waals surface area contributed by atoms with Gasteiger partial charge in [0, 0.05) is 0 Å². The van der Waals surface area contributed by atoms with E-state index < -0.39 is 17.4 Å². The molecule has 0 saturated carbocycles. The predicted octanol–water partition coefficient (Wildman–Crippen LogP) is 4.46. The van der Waals surface area contributed by atoms with Crippen molar-refractivity contribution in [2.24, 2.45) is 29.1 Å². The summed E-state index contributed by atoms with van der Waals surface area (Å²) in [6, 6.07) is 0. The molecule has 0 rings (SSSR count). The number of ether oxygens (including phenoxy) is 2. The minimum absolute atomic E-state index is 0.166. The van der Waals surface area contributed by atoms with Gasteiger partial charge in [0.05, 0.1) is 13.2 Å². The molecule has 0 aliphatic rings. The minimum Gasteiger partial charge on any atom is -0.465 e. The Hall–Kier alpha value is -1.06. The summed E-state index contributed by atoms with van der Waals surface area (Å²) in [5.74, 6) is -0.156. The molecule has 136 valence electrons. The Labute approximate surface area is 142 Å². The molecule has 0 heterocycles. The van der Waals surface area contributed by atoms with E-state index in [0.717, 1.165) is 6.42 Å². The van der Waals surface area contributed by atoms with Gasteiger partial charge < -0.3 is 9.47 Å². The number of esters is 2. The Morgan fingerprint density at radius 1 is 0.739 bits per heavy atom. The molecule has 0 aliphatic heterocycles. The fourth-order valence-corrected chi connectivity index (χ4v) is 2.31. The molecule has 0 unspecified atom stereocenters. The Morgan fingerprint density at radius 3 is 1.39 bits per heavy atom. The van der Waals surface area contributed by atoms with Crippen LogP contribution in [-0.2, 0) is 19.1 Å². The van der Waals surface area contributed by atoms with Crippen molar-refractivity contribution >= 4 is 11.9 Å². The van der Waals surface area contributed by atoms with Crippen molar-refractivity contribution in [2.45, 2.75) is 68.2 Å². The fourth-order valence-electron chi connectivity index (χ4n) is 2.31. The molecular formula is C19H36O4. The van der Waals surface area contributed by atoms with Gasteiger partial charge in [-0.05, 0) is 36.5 Å². The Bertz CT molecular complexity index is 346. The lowest BCUT2D eigenvalue weighted by atomic mass is 9.72. The fraction of sp³-hybridized carbons (Fsp3) is 0.895. The second-order valence-corrected chi connectivity index (χ2v) is 8.04. The van der Waals surface area contributed by atoms with Gasteiger partial charge >= 0.3 is 11.9 Å². The van der Waals surface area contributed by atoms with Gasteiger partial charge in [0.1, 0.15) is 0 Å². The van der Waals surface area contributed by atoms with Crippen molar-refractivity contribution in [3.05, 3.63) is 0 Å². The summed E-state index contributed by atoms with van der Waals surface area (Å²) < 4.78 is 10.9. The van der Waals surface area contributed by atoms with Gasteiger partial charge in [-0.3, -0.25) is 9.59 Å². The molecule has 0 aromatic heterocycles. The largest absolute Gasteiger partial charge is 0.465 e. The van der Waals surface area contributed by atoms with E-state index in [-0.39, 0.29) is 17.8 Å². The molecular weight excluding hydrogens is 292 g/mol. The minimum atomic E-state index is -1.20. The molecule has 4 heteroatoms. The van der Waals surface area contributed by atoms with E-state index in [2.05, 4.69) is 13.8 Å². The number of rotatable bonds is 10. The molecule has 4 nitrogen and oxygen atoms in total. The van der Waals surface area contributed by atoms with Crippen molar-refractivity contribution in [1.82, 2.24) is 0 Å². The Balaban J connectivity index is 5.40. The molecule has 0 aromatic rings. The highest BCUT2D eigenvalue weighted by atomic mass is 16.6. The highest BCUT2D eigenvalue weighted by Crippen LogP contribution is 2.37. The van der Waals surface area contributed by atoms with Crippen molar-refractivity contribution in [3.63, 3.8) is 0 Å². The van der Waals surface area contributed by atoms with Gasteiger partial charge in [-0.1, -0.05) is 55.4 Å². The maximum absolute atomic E-state index is 12.8. The van der Waals surface area contributed by atoms with Crippen LogP contribution in [0.2, 0.25) is 0 Å². The van der Waals surface area contributed by atoms with E-state index >= 15 is 0 Å². The van der Waals surface area contributed by atoms with E-state index in [1.807, 2.05) is 41.5 Å². The summed E-state index contributed by atoms with van der Waals surface area (Å²) in [5, 5.41) is 0. The summed E-state index contributed by atoms with van der Waals surface area (Å²) in [5.41, 5.74) is -1.20. The van der Waals surface area contributed by atoms with Gasteiger partial charge in [0.15, 0.2) is 5.41 Å². The maximum atomic E-state index is 12.8. The van der Waals surface area contributed by atoms with Crippen molar-refractivity contribution in [1.29, 1.82) is 0 Å². The van der Waals surface area contributed by atoms with Gasteiger partial charge in [-0.2, -0.15) is 0 Å². The molecule has 23 heavy (non-hydrogen) atoms. The summed E-state index contributed by atoms with van der Waals surface area (Å²) in [4.78, 5) is 25.6. The number of hydrogen-bond donors (Lipinski definition) is 0. The van der Waals surface area contributed by atoms with Crippen LogP contribution in [0, 0.1) is 29.1 Å². The van der Waals surface area contributed by atoms with Crippen LogP contribution in [0.15, 0.2) is 0 Å². The van der Waals surface area contributed by atoms with Crippen molar-refractivity contribution in [2.75, 3.05) is 13.2 Å². The molecule has 0 spiro atoms. The standard InChI is InChI=1S/C19H36O4/c1-13(2)9-10-19(16(7)8,17(20)22-11-14(3)4)18(21)23-12-15(5)6/h13-16H,9-12H2,1-8H3. The van der Waals surface area contributed by atoms with Gasteiger partial charge in [-0.15, -0.1) is 0 Å². The van der Waals surface area contributed by atoms with E-state index in [0.29, 0.717) is 25.6 Å². The molecule has 0 amide bonds. The Morgan fingerprint density at radius 2 is 1.13 bits per heavy atom. The summed E-state index contributed by atoms with van der Waals surface area (Å²) in [7, 11) is 0. The number of hydrogen-bond acceptors (Lipinski definition) is 4. The summed E-state index contributed by atoms with van der Waals surface area (Å²) in [6.07, 6.45) is 1.25. The third kappa shape index (κ3) is 6.92. The highest BCUT2D eigenvalue weighted by molar-refractivity contribution is 6.00. The summed E-state index contributed by atoms with van der Waals surface area (Å²) in [6.45, 7) is 16.5. The first-order chi connectivity index (χ1) is 10.5. The summed E-state index contributed by atoms with van der Waals surface area (Å²) >= 11 is 0. The van der Waals surface area contributed by atoms with Crippen LogP contribution in [0.1, 0.15) is 68.2 Å². The second-order valence-electron chi connectivity index (χ2n) is 8.04. The quantitative estimate of drug-likeness (QED) is 0.439. The first-order valence-corrected chi connectivity index (χ1v) is 8.88. The first-order valence-electron chi connectivity index (χ1n) is 8.88. The Kier molecular flexibility index (Phi) is 9.48. The molecule has 0 fully saturated rings. The average Bonchev–Trinajstić information content (AvgIpc) is 2.42. The van der Waals surface area contributed by atoms with Crippen molar-refractivity contribution < 1.29 is 19.1 Å². The monoisotopic (exact) mass is 328 g/mol. The topological polar surface area (TPSA) is 52.6 Å². The lowest BCUT2D eigenvalue weighted by molar-refractivity contribution is -0.178. The van der Waals surface area contributed by atoms with Gasteiger partial charge in [-0.25, -0.2) is 0 Å². The van der Waals surface area contributed by atoms with Crippen LogP contribution in [0.5, 0.6) is 0 Å². The van der Waals surface area contributed by atoms with Gasteiger partial charge in [0.2, 0.25) is 0 Å². The molecule has 0 saturated heterocycles. The van der Waals surface area contributed by atoms with Crippen LogP contribution in [0.3, 0.4) is 0 Å². The van der Waals surface area contributed by atoms with E-state index in [4.69, 9.17) is 9.47 Å². The zero-order valence-corrected chi connectivity index (χ0v) is 16.3. The van der Waals surface area contributed by atoms with Crippen LogP contribution >= 0.6 is 0 Å². The smallest absolute Gasteiger partial charge is 0.323 e. The molecule has 0 atom stereocenters. The van der Waals surface area contributed by atoms with E-state index in [1.165, 1.54) is 0 Å². The maximum Gasteiger partial charge on any atom is 0.323 e. The lowest BCUT2D eigenvalue weighted by Gasteiger charge is -2.34. The highest BCUT2D eigenvalue weighted by Gasteiger charge is 2.51. The van der Waals surface area contributed by atoms with Gasteiger partial charge in [0.25, 0.3) is 0 Å². The van der Waals surface area contributed by atoms with Crippen LogP contribution in [-0.4, -0.2) is 25.2 Å². The molecule has 0 N–H and O–H groups in total. The van der Waals surface area contributed by atoms with Crippen molar-refractivity contribution in [3.8, 4) is 0 Å². The molecule has 0 bridgehead atoms. The second kappa shape index (κ2) is 9.94. The molecule has 0 radical (unpaired) electrons. The van der Waals surface area contributed by atoms with E-state index in [1.54, 1.807) is 0 Å². The number of carbonyl (C=O) groups is 2. The predicted molar refractivity (Wildman–Crippen MR) is 92.9 cm³/mol. The normalized spacial score (nSPS) is 12.3.